The number of hydrogen-bond donors (Lipinski definition) is 2. The highest BCUT2D eigenvalue weighted by Crippen LogP contribution is 2.23. The van der Waals surface area contributed by atoms with Crippen LogP contribution < -0.4 is 10.6 Å². The molecule has 0 radical (unpaired) electrons. The van der Waals surface area contributed by atoms with Gasteiger partial charge in [0.15, 0.2) is 5.78 Å². The highest BCUT2D eigenvalue weighted by atomic mass is 16.6. The Morgan fingerprint density at radius 2 is 1.36 bits per heavy atom. The van der Waals surface area contributed by atoms with Gasteiger partial charge >= 0.3 is 6.09 Å². The molecule has 1 aromatic heterocycles. The predicted octanol–water partition coefficient (Wildman–Crippen LogP) is 5.71. The summed E-state index contributed by atoms with van der Waals surface area (Å²) in [5, 5.41) is 5.14. The SMILES string of the molecule is CC(=O)C(COCc1ccccc1)NC(=O)C(C)(C)NC(=O)OC(C)(C)C.Cc1cn(C(C(=O)N2CCN(Cc3ccccc3)CC2)c2ccccc2)cn1. The van der Waals surface area contributed by atoms with E-state index in [1.807, 2.05) is 89.3 Å². The van der Waals surface area contributed by atoms with Gasteiger partial charge in [0.05, 0.1) is 25.2 Å². The van der Waals surface area contributed by atoms with Crippen LogP contribution in [0.25, 0.3) is 0 Å². The van der Waals surface area contributed by atoms with Crippen molar-refractivity contribution in [1.82, 2.24) is 30.0 Å². The molecule has 12 nitrogen and oxygen atoms in total. The highest BCUT2D eigenvalue weighted by molar-refractivity contribution is 5.93. The van der Waals surface area contributed by atoms with Gasteiger partial charge in [-0.2, -0.15) is 0 Å². The molecule has 0 saturated carbocycles. The zero-order valence-corrected chi connectivity index (χ0v) is 33.2. The van der Waals surface area contributed by atoms with E-state index in [4.69, 9.17) is 9.47 Å². The summed E-state index contributed by atoms with van der Waals surface area (Å²) in [6.07, 6.45) is 3.00. The summed E-state index contributed by atoms with van der Waals surface area (Å²) in [6.45, 7) is 16.2. The standard InChI is InChI=1S/C23H26N4O.C20H30N2O5/c1-19-16-27(18-24-19)22(21-10-6-3-7-11-21)23(28)26-14-12-25(13-15-26)17-20-8-4-2-5-9-20;1-14(23)16(13-26-12-15-10-8-7-9-11-15)21-17(24)20(5,6)22-18(25)27-19(2,3)4/h2-11,16,18,22H,12-15,17H2,1H3;7-11,16H,12-13H2,1-6H3,(H,21,24)(H,22,25). The maximum Gasteiger partial charge on any atom is 0.408 e. The minimum absolute atomic E-state index is 0.0402. The number of Topliss-reactive ketones (excluding diaryl/α,β-unsaturated/α-hetero) is 1. The van der Waals surface area contributed by atoms with Crippen molar-refractivity contribution in [1.29, 1.82) is 0 Å². The van der Waals surface area contributed by atoms with Gasteiger partial charge in [-0.15, -0.1) is 0 Å². The second-order valence-electron chi connectivity index (χ2n) is 15.3. The summed E-state index contributed by atoms with van der Waals surface area (Å²) in [7, 11) is 0. The van der Waals surface area contributed by atoms with Gasteiger partial charge in [-0.05, 0) is 65.2 Å². The first-order valence-corrected chi connectivity index (χ1v) is 18.7. The van der Waals surface area contributed by atoms with Gasteiger partial charge in [0, 0.05) is 38.9 Å². The van der Waals surface area contributed by atoms with Crippen LogP contribution in [0.15, 0.2) is 104 Å². The van der Waals surface area contributed by atoms with E-state index in [9.17, 15) is 19.2 Å². The number of alkyl carbamates (subject to hydrolysis) is 1. The molecule has 5 rings (SSSR count). The van der Waals surface area contributed by atoms with Crippen molar-refractivity contribution in [3.8, 4) is 0 Å². The number of aryl methyl sites for hydroxylation is 1. The van der Waals surface area contributed by atoms with E-state index in [0.717, 1.165) is 49.5 Å². The normalized spacial score (nSPS) is 14.5. The van der Waals surface area contributed by atoms with Crippen molar-refractivity contribution in [2.75, 3.05) is 32.8 Å². The van der Waals surface area contributed by atoms with E-state index < -0.39 is 29.2 Å². The molecule has 1 aliphatic rings. The molecule has 3 aromatic carbocycles. The van der Waals surface area contributed by atoms with Crippen molar-refractivity contribution in [3.05, 3.63) is 126 Å². The van der Waals surface area contributed by atoms with Crippen molar-refractivity contribution >= 4 is 23.7 Å². The van der Waals surface area contributed by atoms with E-state index in [-0.39, 0.29) is 24.3 Å². The number of carbonyl (C=O) groups is 4. The number of aromatic nitrogens is 2. The molecule has 1 fully saturated rings. The van der Waals surface area contributed by atoms with E-state index in [1.54, 1.807) is 27.1 Å². The molecule has 2 N–H and O–H groups in total. The number of nitrogens with one attached hydrogen (secondary N) is 2. The van der Waals surface area contributed by atoms with Crippen molar-refractivity contribution < 1.29 is 28.7 Å². The number of piperazine rings is 1. The lowest BCUT2D eigenvalue weighted by molar-refractivity contribution is -0.135. The van der Waals surface area contributed by atoms with Gasteiger partial charge in [-0.25, -0.2) is 9.78 Å². The minimum atomic E-state index is -1.25. The van der Waals surface area contributed by atoms with Gasteiger partial charge in [0.1, 0.15) is 23.2 Å². The quantitative estimate of drug-likeness (QED) is 0.178. The lowest BCUT2D eigenvalue weighted by Crippen LogP contribution is -2.58. The van der Waals surface area contributed by atoms with Crippen LogP contribution in [-0.2, 0) is 37.0 Å². The summed E-state index contributed by atoms with van der Waals surface area (Å²) < 4.78 is 12.7. The molecule has 55 heavy (non-hydrogen) atoms. The summed E-state index contributed by atoms with van der Waals surface area (Å²) in [5.74, 6) is -0.593. The Hall–Kier alpha value is -5.33. The Kier molecular flexibility index (Phi) is 15.3. The van der Waals surface area contributed by atoms with Gasteiger partial charge in [0.2, 0.25) is 11.8 Å². The Balaban J connectivity index is 0.000000245. The van der Waals surface area contributed by atoms with Crippen molar-refractivity contribution in [2.24, 2.45) is 0 Å². The number of nitrogens with zero attached hydrogens (tertiary/aromatic N) is 4. The lowest BCUT2D eigenvalue weighted by atomic mass is 10.0. The third kappa shape index (κ3) is 13.8. The highest BCUT2D eigenvalue weighted by Gasteiger charge is 2.34. The number of hydrogen-bond acceptors (Lipinski definition) is 8. The first-order valence-electron chi connectivity index (χ1n) is 18.7. The molecular weight excluding hydrogens is 697 g/mol. The average Bonchev–Trinajstić information content (AvgIpc) is 3.57. The largest absolute Gasteiger partial charge is 0.444 e. The number of amides is 3. The maximum absolute atomic E-state index is 13.4. The lowest BCUT2D eigenvalue weighted by Gasteiger charge is -2.36. The topological polar surface area (TPSA) is 135 Å². The van der Waals surface area contributed by atoms with E-state index in [0.29, 0.717) is 6.61 Å². The maximum atomic E-state index is 13.4. The fraction of sp³-hybridized carbons (Fsp3) is 0.419. The number of carbonyl (C=O) groups excluding carboxylic acids is 4. The molecule has 2 atom stereocenters. The number of rotatable bonds is 13. The van der Waals surface area contributed by atoms with Crippen LogP contribution in [0, 0.1) is 6.92 Å². The number of ketones is 1. The van der Waals surface area contributed by atoms with Crippen LogP contribution in [0.4, 0.5) is 4.79 Å². The van der Waals surface area contributed by atoms with Gasteiger partial charge in [-0.1, -0.05) is 91.0 Å². The second kappa shape index (κ2) is 19.8. The molecule has 294 valence electrons. The smallest absolute Gasteiger partial charge is 0.408 e. The Morgan fingerprint density at radius 1 is 0.800 bits per heavy atom. The third-order valence-corrected chi connectivity index (χ3v) is 8.88. The van der Waals surface area contributed by atoms with Crippen LogP contribution >= 0.6 is 0 Å². The monoisotopic (exact) mass is 752 g/mol. The fourth-order valence-electron chi connectivity index (χ4n) is 5.88. The Labute approximate surface area is 325 Å². The molecule has 1 aliphatic heterocycles. The summed E-state index contributed by atoms with van der Waals surface area (Å²) >= 11 is 0. The minimum Gasteiger partial charge on any atom is -0.444 e. The molecule has 2 heterocycles. The van der Waals surface area contributed by atoms with E-state index in [1.165, 1.54) is 26.3 Å². The number of imidazole rings is 1. The summed E-state index contributed by atoms with van der Waals surface area (Å²) in [4.78, 5) is 58.5. The predicted molar refractivity (Wildman–Crippen MR) is 212 cm³/mol. The average molecular weight is 753 g/mol. The molecule has 1 saturated heterocycles. The number of benzene rings is 3. The van der Waals surface area contributed by atoms with E-state index in [2.05, 4.69) is 44.8 Å². The summed E-state index contributed by atoms with van der Waals surface area (Å²) in [6, 6.07) is 28.8. The van der Waals surface area contributed by atoms with Crippen LogP contribution in [-0.4, -0.2) is 93.0 Å². The van der Waals surface area contributed by atoms with Gasteiger partial charge in [-0.3, -0.25) is 19.3 Å². The second-order valence-corrected chi connectivity index (χ2v) is 15.3. The Bertz CT molecular complexity index is 1820. The first-order chi connectivity index (χ1) is 26.1. The molecule has 3 amide bonds. The van der Waals surface area contributed by atoms with Crippen molar-refractivity contribution in [2.45, 2.75) is 84.8 Å². The molecule has 2 unspecified atom stereocenters. The zero-order chi connectivity index (χ0) is 40.0. The molecule has 0 aliphatic carbocycles. The van der Waals surface area contributed by atoms with Crippen LogP contribution in [0.2, 0.25) is 0 Å². The fourth-order valence-corrected chi connectivity index (χ4v) is 5.88. The van der Waals surface area contributed by atoms with Crippen LogP contribution in [0.3, 0.4) is 0 Å². The molecule has 0 spiro atoms. The van der Waals surface area contributed by atoms with Crippen LogP contribution in [0.1, 0.15) is 70.0 Å². The summed E-state index contributed by atoms with van der Waals surface area (Å²) in [5.41, 5.74) is 2.27. The van der Waals surface area contributed by atoms with E-state index >= 15 is 0 Å². The van der Waals surface area contributed by atoms with Gasteiger partial charge in [0.25, 0.3) is 0 Å². The number of ether oxygens (including phenoxy) is 2. The van der Waals surface area contributed by atoms with Gasteiger partial charge < -0.3 is 29.6 Å². The third-order valence-electron chi connectivity index (χ3n) is 8.88. The van der Waals surface area contributed by atoms with Crippen molar-refractivity contribution in [3.63, 3.8) is 0 Å². The Morgan fingerprint density at radius 3 is 1.89 bits per heavy atom. The first kappa shape index (κ1) is 42.4. The molecule has 12 heteroatoms. The molecular formula is C43H56N6O6. The molecule has 0 bridgehead atoms. The molecule has 4 aromatic rings. The zero-order valence-electron chi connectivity index (χ0n) is 33.2. The van der Waals surface area contributed by atoms with Crippen LogP contribution in [0.5, 0.6) is 0 Å².